The predicted molar refractivity (Wildman–Crippen MR) is 49.2 cm³/mol. The van der Waals surface area contributed by atoms with Crippen molar-refractivity contribution in [2.45, 2.75) is 39.0 Å². The zero-order valence-corrected chi connectivity index (χ0v) is 7.51. The molecular formula is C10H19O. The van der Waals surface area contributed by atoms with E-state index < -0.39 is 0 Å². The summed E-state index contributed by atoms with van der Waals surface area (Å²) in [5.74, 6) is 0. The van der Waals surface area contributed by atoms with Gasteiger partial charge < -0.3 is 4.74 Å². The molecule has 0 unspecified atom stereocenters. The van der Waals surface area contributed by atoms with E-state index in [1.165, 1.54) is 32.1 Å². The molecule has 65 valence electrons. The normalized spacial score (nSPS) is 11.1. The summed E-state index contributed by atoms with van der Waals surface area (Å²) >= 11 is 0. The molecular weight excluding hydrogens is 136 g/mol. The summed E-state index contributed by atoms with van der Waals surface area (Å²) in [6.07, 6.45) is 10.7. The van der Waals surface area contributed by atoms with Crippen molar-refractivity contribution >= 4 is 0 Å². The van der Waals surface area contributed by atoms with Gasteiger partial charge in [-0.1, -0.05) is 38.3 Å². The third-order valence-corrected chi connectivity index (χ3v) is 1.61. The fraction of sp³-hybridized carbons (Fsp3) is 0.700. The van der Waals surface area contributed by atoms with Gasteiger partial charge in [-0.15, -0.1) is 0 Å². The Kier molecular flexibility index (Phi) is 9.44. The lowest BCUT2D eigenvalue weighted by molar-refractivity contribution is 0.281. The monoisotopic (exact) mass is 155 g/mol. The predicted octanol–water partition coefficient (Wildman–Crippen LogP) is 3.32. The van der Waals surface area contributed by atoms with Crippen molar-refractivity contribution < 1.29 is 4.74 Å². The fourth-order valence-electron chi connectivity index (χ4n) is 0.943. The topological polar surface area (TPSA) is 9.23 Å². The van der Waals surface area contributed by atoms with E-state index in [4.69, 9.17) is 0 Å². The van der Waals surface area contributed by atoms with Crippen LogP contribution >= 0.6 is 0 Å². The van der Waals surface area contributed by atoms with Gasteiger partial charge in [-0.2, -0.15) is 0 Å². The SMILES string of the molecule is [CH2]OCC=CCCCCCC. The van der Waals surface area contributed by atoms with Gasteiger partial charge in [0.1, 0.15) is 0 Å². The molecule has 0 aromatic carbocycles. The maximum Gasteiger partial charge on any atom is 0.0704 e. The Bertz CT molecular complexity index is 86.9. The maximum absolute atomic E-state index is 4.63. The second-order valence-electron chi connectivity index (χ2n) is 2.69. The molecule has 1 heteroatoms. The van der Waals surface area contributed by atoms with Crippen molar-refractivity contribution in [2.75, 3.05) is 6.61 Å². The van der Waals surface area contributed by atoms with Gasteiger partial charge in [0.25, 0.3) is 0 Å². The van der Waals surface area contributed by atoms with E-state index in [0.717, 1.165) is 0 Å². The van der Waals surface area contributed by atoms with Crippen LogP contribution in [-0.2, 0) is 4.74 Å². The highest BCUT2D eigenvalue weighted by Crippen LogP contribution is 2.02. The Balaban J connectivity index is 2.89. The van der Waals surface area contributed by atoms with Gasteiger partial charge in [0.15, 0.2) is 0 Å². The second-order valence-corrected chi connectivity index (χ2v) is 2.69. The van der Waals surface area contributed by atoms with Crippen LogP contribution in [0.15, 0.2) is 12.2 Å². The van der Waals surface area contributed by atoms with Gasteiger partial charge >= 0.3 is 0 Å². The van der Waals surface area contributed by atoms with Crippen molar-refractivity contribution in [3.8, 4) is 0 Å². The van der Waals surface area contributed by atoms with E-state index in [2.05, 4.69) is 24.8 Å². The largest absolute Gasteiger partial charge is 0.375 e. The minimum atomic E-state index is 0.647. The van der Waals surface area contributed by atoms with Crippen LogP contribution in [0.1, 0.15) is 39.0 Å². The molecule has 0 fully saturated rings. The van der Waals surface area contributed by atoms with Gasteiger partial charge in [-0.25, -0.2) is 0 Å². The molecule has 0 heterocycles. The lowest BCUT2D eigenvalue weighted by Gasteiger charge is -1.93. The molecule has 0 aromatic heterocycles. The van der Waals surface area contributed by atoms with Crippen molar-refractivity contribution in [2.24, 2.45) is 0 Å². The van der Waals surface area contributed by atoms with Crippen LogP contribution in [0, 0.1) is 7.11 Å². The minimum absolute atomic E-state index is 0.647. The first kappa shape index (κ1) is 10.7. The lowest BCUT2D eigenvalue weighted by atomic mass is 10.1. The van der Waals surface area contributed by atoms with Crippen LogP contribution in [0.2, 0.25) is 0 Å². The molecule has 0 atom stereocenters. The highest BCUT2D eigenvalue weighted by atomic mass is 16.5. The van der Waals surface area contributed by atoms with Gasteiger partial charge in [-0.05, 0) is 12.8 Å². The molecule has 1 nitrogen and oxygen atoms in total. The number of rotatable bonds is 7. The first-order valence-electron chi connectivity index (χ1n) is 4.43. The van der Waals surface area contributed by atoms with Crippen LogP contribution < -0.4 is 0 Å². The van der Waals surface area contributed by atoms with Gasteiger partial charge in [0.05, 0.1) is 13.7 Å². The maximum atomic E-state index is 4.63. The summed E-state index contributed by atoms with van der Waals surface area (Å²) in [6.45, 7) is 2.88. The number of hydrogen-bond acceptors (Lipinski definition) is 1. The van der Waals surface area contributed by atoms with Crippen molar-refractivity contribution in [3.63, 3.8) is 0 Å². The summed E-state index contributed by atoms with van der Waals surface area (Å²) in [6, 6.07) is 0. The zero-order valence-electron chi connectivity index (χ0n) is 7.51. The molecule has 0 saturated heterocycles. The molecule has 0 aliphatic heterocycles. The molecule has 0 rings (SSSR count). The minimum Gasteiger partial charge on any atom is -0.375 e. The smallest absolute Gasteiger partial charge is 0.0704 e. The van der Waals surface area contributed by atoms with Crippen LogP contribution in [-0.4, -0.2) is 6.61 Å². The molecule has 0 saturated carbocycles. The van der Waals surface area contributed by atoms with Crippen molar-refractivity contribution in [3.05, 3.63) is 19.3 Å². The second kappa shape index (κ2) is 9.70. The first-order valence-corrected chi connectivity index (χ1v) is 4.43. The Hall–Kier alpha value is -0.300. The van der Waals surface area contributed by atoms with Crippen LogP contribution in [0.4, 0.5) is 0 Å². The summed E-state index contributed by atoms with van der Waals surface area (Å²) in [5, 5.41) is 0. The third-order valence-electron chi connectivity index (χ3n) is 1.61. The first-order chi connectivity index (χ1) is 5.41. The summed E-state index contributed by atoms with van der Waals surface area (Å²) in [7, 11) is 3.28. The van der Waals surface area contributed by atoms with E-state index in [0.29, 0.717) is 6.61 Å². The molecule has 11 heavy (non-hydrogen) atoms. The van der Waals surface area contributed by atoms with E-state index in [1.54, 1.807) is 0 Å². The zero-order chi connectivity index (χ0) is 8.36. The Morgan fingerprint density at radius 2 is 2.00 bits per heavy atom. The third kappa shape index (κ3) is 9.70. The molecule has 1 radical (unpaired) electrons. The van der Waals surface area contributed by atoms with Gasteiger partial charge in [0, 0.05) is 0 Å². The van der Waals surface area contributed by atoms with Crippen LogP contribution in [0.3, 0.4) is 0 Å². The summed E-state index contributed by atoms with van der Waals surface area (Å²) in [4.78, 5) is 0. The van der Waals surface area contributed by atoms with Gasteiger partial charge in [-0.3, -0.25) is 0 Å². The molecule has 0 bridgehead atoms. The average Bonchev–Trinajstić information content (AvgIpc) is 2.03. The van der Waals surface area contributed by atoms with Crippen molar-refractivity contribution in [1.29, 1.82) is 0 Å². The van der Waals surface area contributed by atoms with Gasteiger partial charge in [0.2, 0.25) is 0 Å². The Morgan fingerprint density at radius 3 is 2.64 bits per heavy atom. The average molecular weight is 155 g/mol. The highest BCUT2D eigenvalue weighted by Gasteiger charge is 1.83. The quantitative estimate of drug-likeness (QED) is 0.405. The standard InChI is InChI=1S/C10H19O/c1-3-4-5-6-7-8-9-10-11-2/h8-9H,2-7,10H2,1H3. The highest BCUT2D eigenvalue weighted by molar-refractivity contribution is 4.80. The number of allylic oxidation sites excluding steroid dienone is 1. The van der Waals surface area contributed by atoms with E-state index in [1.807, 2.05) is 6.08 Å². The molecule has 0 spiro atoms. The Morgan fingerprint density at radius 1 is 1.18 bits per heavy atom. The van der Waals surface area contributed by atoms with Crippen LogP contribution in [0.5, 0.6) is 0 Å². The molecule has 0 aliphatic carbocycles. The molecule has 0 aromatic rings. The number of ether oxygens (including phenoxy) is 1. The summed E-state index contributed by atoms with van der Waals surface area (Å²) < 4.78 is 4.63. The van der Waals surface area contributed by atoms with Crippen molar-refractivity contribution in [1.82, 2.24) is 0 Å². The van der Waals surface area contributed by atoms with E-state index in [-0.39, 0.29) is 0 Å². The van der Waals surface area contributed by atoms with E-state index >= 15 is 0 Å². The Labute approximate surface area is 70.4 Å². The number of hydrogen-bond donors (Lipinski definition) is 0. The summed E-state index contributed by atoms with van der Waals surface area (Å²) in [5.41, 5.74) is 0. The van der Waals surface area contributed by atoms with E-state index in [9.17, 15) is 0 Å². The fourth-order valence-corrected chi connectivity index (χ4v) is 0.943. The lowest BCUT2D eigenvalue weighted by Crippen LogP contribution is -1.78. The molecule has 0 amide bonds. The molecule has 0 aliphatic rings. The van der Waals surface area contributed by atoms with Crippen LogP contribution in [0.25, 0.3) is 0 Å². The molecule has 0 N–H and O–H groups in total. The number of unbranched alkanes of at least 4 members (excludes halogenated alkanes) is 4.